The van der Waals surface area contributed by atoms with Crippen molar-refractivity contribution < 1.29 is 27.8 Å². The molecule has 4 rings (SSSR count). The fourth-order valence-electron chi connectivity index (χ4n) is 4.70. The van der Waals surface area contributed by atoms with Crippen LogP contribution >= 0.6 is 0 Å². The number of carbonyl (C=O) groups is 1. The van der Waals surface area contributed by atoms with Crippen LogP contribution in [0.25, 0.3) is 0 Å². The number of hydrogen-bond donors (Lipinski definition) is 1. The first-order valence-corrected chi connectivity index (χ1v) is 10.0. The number of benzene rings is 1. The van der Waals surface area contributed by atoms with Crippen molar-refractivity contribution in [3.05, 3.63) is 24.3 Å². The van der Waals surface area contributed by atoms with Crippen molar-refractivity contribution in [3.8, 4) is 5.75 Å². The van der Waals surface area contributed by atoms with E-state index in [0.29, 0.717) is 43.8 Å². The van der Waals surface area contributed by atoms with Gasteiger partial charge in [0.15, 0.2) is 6.10 Å². The van der Waals surface area contributed by atoms with Crippen LogP contribution in [-0.4, -0.2) is 35.4 Å². The van der Waals surface area contributed by atoms with Gasteiger partial charge in [0.2, 0.25) is 5.91 Å². The summed E-state index contributed by atoms with van der Waals surface area (Å²) >= 11 is 0. The van der Waals surface area contributed by atoms with Crippen molar-refractivity contribution in [2.45, 2.75) is 69.8 Å². The van der Waals surface area contributed by atoms with Gasteiger partial charge in [-0.15, -0.1) is 0 Å². The van der Waals surface area contributed by atoms with Gasteiger partial charge in [0.25, 0.3) is 0 Å². The molecule has 0 radical (unpaired) electrons. The highest BCUT2D eigenvalue weighted by molar-refractivity contribution is 6.00. The average Bonchev–Trinajstić information content (AvgIpc) is 3.45. The Hall–Kier alpha value is -1.76. The topological polar surface area (TPSA) is 49.8 Å². The Bertz CT molecular complexity index is 734. The van der Waals surface area contributed by atoms with Crippen LogP contribution in [0.2, 0.25) is 0 Å². The maximum Gasteiger partial charge on any atom is 0.425 e. The van der Waals surface area contributed by atoms with E-state index in [1.807, 2.05) is 0 Å². The van der Waals surface area contributed by atoms with Crippen molar-refractivity contribution in [1.29, 1.82) is 0 Å². The minimum atomic E-state index is -4.42. The van der Waals surface area contributed by atoms with Crippen molar-refractivity contribution in [2.75, 3.05) is 11.4 Å². The quantitative estimate of drug-likeness (QED) is 0.816. The largest absolute Gasteiger partial charge is 0.481 e. The summed E-state index contributed by atoms with van der Waals surface area (Å²) < 4.78 is 42.8. The summed E-state index contributed by atoms with van der Waals surface area (Å²) in [7, 11) is 0. The predicted octanol–water partition coefficient (Wildman–Crippen LogP) is 4.45. The summed E-state index contributed by atoms with van der Waals surface area (Å²) in [5.41, 5.74) is -0.314. The van der Waals surface area contributed by atoms with Crippen LogP contribution in [0.15, 0.2) is 24.3 Å². The molecule has 1 amide bonds. The lowest BCUT2D eigenvalue weighted by molar-refractivity contribution is -0.189. The van der Waals surface area contributed by atoms with Crippen LogP contribution in [-0.2, 0) is 4.79 Å². The van der Waals surface area contributed by atoms with Crippen molar-refractivity contribution in [1.82, 2.24) is 0 Å². The number of rotatable bonds is 4. The molecule has 1 aliphatic heterocycles. The molecule has 154 valence electrons. The summed E-state index contributed by atoms with van der Waals surface area (Å²) in [4.78, 5) is 14.9. The maximum absolute atomic E-state index is 13.1. The van der Waals surface area contributed by atoms with Crippen molar-refractivity contribution >= 4 is 11.6 Å². The van der Waals surface area contributed by atoms with Gasteiger partial charge in [-0.2, -0.15) is 13.2 Å². The molecule has 0 aromatic heterocycles. The molecule has 2 saturated carbocycles. The lowest BCUT2D eigenvalue weighted by Gasteiger charge is -2.41. The van der Waals surface area contributed by atoms with Gasteiger partial charge in [-0.25, -0.2) is 0 Å². The number of ether oxygens (including phenoxy) is 1. The summed E-state index contributed by atoms with van der Waals surface area (Å²) in [5, 5.41) is 10.8. The predicted molar refractivity (Wildman–Crippen MR) is 98.1 cm³/mol. The number of anilines is 1. The van der Waals surface area contributed by atoms with Gasteiger partial charge in [-0.05, 0) is 82.1 Å². The Labute approximate surface area is 162 Å². The molecular weight excluding hydrogens is 371 g/mol. The van der Waals surface area contributed by atoms with E-state index in [1.165, 1.54) is 12.1 Å². The Kier molecular flexibility index (Phi) is 4.64. The molecule has 1 spiro atoms. The smallest absolute Gasteiger partial charge is 0.425 e. The van der Waals surface area contributed by atoms with Gasteiger partial charge in [0, 0.05) is 12.2 Å². The first-order chi connectivity index (χ1) is 13.1. The fourth-order valence-corrected chi connectivity index (χ4v) is 4.70. The Morgan fingerprint density at radius 3 is 2.25 bits per heavy atom. The minimum Gasteiger partial charge on any atom is -0.481 e. The number of nitrogens with zero attached hydrogens (tertiary/aromatic N) is 1. The molecule has 1 aromatic rings. The highest BCUT2D eigenvalue weighted by Crippen LogP contribution is 2.54. The van der Waals surface area contributed by atoms with E-state index in [2.05, 4.69) is 0 Å². The minimum absolute atomic E-state index is 0.0719. The van der Waals surface area contributed by atoms with E-state index >= 15 is 0 Å². The zero-order valence-electron chi connectivity index (χ0n) is 16.0. The number of carbonyl (C=O) groups excluding carboxylic acids is 1. The molecule has 3 fully saturated rings. The Morgan fingerprint density at radius 1 is 1.11 bits per heavy atom. The Morgan fingerprint density at radius 2 is 1.71 bits per heavy atom. The number of alkyl halides is 3. The first kappa shape index (κ1) is 19.6. The third kappa shape index (κ3) is 3.49. The Balaban J connectivity index is 1.41. The van der Waals surface area contributed by atoms with Gasteiger partial charge < -0.3 is 14.7 Å². The highest BCUT2D eigenvalue weighted by atomic mass is 19.4. The number of aliphatic hydroxyl groups is 1. The van der Waals surface area contributed by atoms with Crippen molar-refractivity contribution in [3.63, 3.8) is 0 Å². The van der Waals surface area contributed by atoms with E-state index < -0.39 is 23.3 Å². The standard InChI is InChI=1S/C21H26F3NO3/c1-14(21(22,23)24)28-17-6-4-16(5-7-17)25-13-12-19(18(25)26)8-10-20(27,11-9-19)15-2-3-15/h4-7,14-15,27H,2-3,8-13H2,1H3/t14-,19?,20?/m1/s1. The van der Waals surface area contributed by atoms with Crippen LogP contribution < -0.4 is 9.64 Å². The van der Waals surface area contributed by atoms with Crippen LogP contribution in [0.5, 0.6) is 5.75 Å². The SMILES string of the molecule is C[C@@H](Oc1ccc(N2CCC3(CCC(O)(C4CC4)CC3)C2=O)cc1)C(F)(F)F. The fraction of sp³-hybridized carbons (Fsp3) is 0.667. The van der Waals surface area contributed by atoms with Crippen LogP contribution in [0.1, 0.15) is 51.9 Å². The molecule has 28 heavy (non-hydrogen) atoms. The summed E-state index contributed by atoms with van der Waals surface area (Å²) in [6.45, 7) is 1.56. The summed E-state index contributed by atoms with van der Waals surface area (Å²) in [6.07, 6.45) is -0.592. The summed E-state index contributed by atoms with van der Waals surface area (Å²) in [6, 6.07) is 6.22. The van der Waals surface area contributed by atoms with Gasteiger partial charge in [0.1, 0.15) is 5.75 Å². The number of halogens is 3. The van der Waals surface area contributed by atoms with Crippen LogP contribution in [0.3, 0.4) is 0 Å². The highest BCUT2D eigenvalue weighted by Gasteiger charge is 2.54. The molecule has 1 aromatic carbocycles. The molecule has 3 aliphatic rings. The summed E-state index contributed by atoms with van der Waals surface area (Å²) in [5.74, 6) is 0.605. The molecule has 1 atom stereocenters. The molecule has 7 heteroatoms. The molecule has 0 bridgehead atoms. The second kappa shape index (κ2) is 6.65. The zero-order valence-corrected chi connectivity index (χ0v) is 16.0. The second-order valence-electron chi connectivity index (χ2n) is 8.66. The van der Waals surface area contributed by atoms with E-state index in [4.69, 9.17) is 4.74 Å². The van der Waals surface area contributed by atoms with E-state index in [-0.39, 0.29) is 11.7 Å². The van der Waals surface area contributed by atoms with Crippen LogP contribution in [0.4, 0.5) is 18.9 Å². The van der Waals surface area contributed by atoms with Crippen LogP contribution in [0, 0.1) is 11.3 Å². The zero-order chi connectivity index (χ0) is 20.2. The maximum atomic E-state index is 13.1. The van der Waals surface area contributed by atoms with E-state index in [0.717, 1.165) is 26.2 Å². The lowest BCUT2D eigenvalue weighted by atomic mass is 9.66. The van der Waals surface area contributed by atoms with E-state index in [9.17, 15) is 23.1 Å². The lowest BCUT2D eigenvalue weighted by Crippen LogP contribution is -2.44. The molecular formula is C21H26F3NO3. The molecule has 1 N–H and O–H groups in total. The number of amides is 1. The first-order valence-electron chi connectivity index (χ1n) is 10.0. The molecule has 2 aliphatic carbocycles. The average molecular weight is 397 g/mol. The monoisotopic (exact) mass is 397 g/mol. The molecule has 4 nitrogen and oxygen atoms in total. The molecule has 0 unspecified atom stereocenters. The number of hydrogen-bond acceptors (Lipinski definition) is 3. The van der Waals surface area contributed by atoms with Gasteiger partial charge in [-0.1, -0.05) is 0 Å². The molecule has 1 heterocycles. The normalized spacial score (nSPS) is 32.0. The van der Waals surface area contributed by atoms with Gasteiger partial charge in [-0.3, -0.25) is 4.79 Å². The second-order valence-corrected chi connectivity index (χ2v) is 8.66. The third-order valence-corrected chi connectivity index (χ3v) is 6.85. The molecule has 1 saturated heterocycles. The van der Waals surface area contributed by atoms with Gasteiger partial charge >= 0.3 is 6.18 Å². The van der Waals surface area contributed by atoms with Crippen molar-refractivity contribution in [2.24, 2.45) is 11.3 Å². The third-order valence-electron chi connectivity index (χ3n) is 6.85. The van der Waals surface area contributed by atoms with E-state index in [1.54, 1.807) is 17.0 Å². The van der Waals surface area contributed by atoms with Gasteiger partial charge in [0.05, 0.1) is 11.0 Å².